The number of hydrogen-bond acceptors (Lipinski definition) is 11. The van der Waals surface area contributed by atoms with Gasteiger partial charge < -0.3 is 53.0 Å². The number of unbranched alkanes of at least 4 members (excludes halogenated alkanes) is 1. The molecule has 0 aliphatic heterocycles. The number of aliphatic hydroxyl groups excluding tert-OH is 1. The van der Waals surface area contributed by atoms with Crippen LogP contribution in [-0.4, -0.2) is 106 Å². The maximum atomic E-state index is 13.6. The third kappa shape index (κ3) is 20.2. The van der Waals surface area contributed by atoms with Crippen molar-refractivity contribution in [2.75, 3.05) is 19.7 Å². The number of amides is 8. The van der Waals surface area contributed by atoms with Crippen molar-refractivity contribution < 1.29 is 62.3 Å². The summed E-state index contributed by atoms with van der Waals surface area (Å²) in [7, 11) is -4.85. The number of phosphoric acid groups is 1. The van der Waals surface area contributed by atoms with E-state index >= 15 is 0 Å². The van der Waals surface area contributed by atoms with Crippen molar-refractivity contribution in [2.45, 2.75) is 89.9 Å². The Hall–Kier alpha value is -5.11. The number of hydrogen-bond donors (Lipinski definition) is 11. The number of nitrogens with one attached hydrogen (secondary N) is 6. The minimum atomic E-state index is -4.85. The number of benzene rings is 1. The zero-order valence-electron chi connectivity index (χ0n) is 30.3. The summed E-state index contributed by atoms with van der Waals surface area (Å²) in [5, 5.41) is 24.0. The first-order chi connectivity index (χ1) is 25.2. The van der Waals surface area contributed by atoms with Crippen LogP contribution in [0, 0.1) is 5.92 Å². The molecule has 0 aliphatic rings. The van der Waals surface area contributed by atoms with E-state index in [1.165, 1.54) is 31.2 Å². The van der Waals surface area contributed by atoms with Crippen LogP contribution < -0.4 is 47.9 Å². The predicted octanol–water partition coefficient (Wildman–Crippen LogP) is -3.15. The van der Waals surface area contributed by atoms with Crippen LogP contribution in [0.5, 0.6) is 5.75 Å². The van der Waals surface area contributed by atoms with Gasteiger partial charge in [0.1, 0.15) is 29.9 Å². The summed E-state index contributed by atoms with van der Waals surface area (Å²) in [6.45, 7) is 3.74. The van der Waals surface area contributed by atoms with Gasteiger partial charge in [0, 0.05) is 32.7 Å². The van der Waals surface area contributed by atoms with Crippen LogP contribution in [0.2, 0.25) is 0 Å². The summed E-state index contributed by atoms with van der Waals surface area (Å²) < 4.78 is 15.7. The molecule has 21 nitrogen and oxygen atoms in total. The van der Waals surface area contributed by atoms with Gasteiger partial charge in [-0.05, 0) is 49.3 Å². The van der Waals surface area contributed by atoms with Crippen LogP contribution in [0.15, 0.2) is 24.3 Å². The Labute approximate surface area is 311 Å². The van der Waals surface area contributed by atoms with Crippen LogP contribution in [0.4, 0.5) is 0 Å². The standard InChI is InChI=1S/C32H51N8O13P/c1-18(2)14-23(31(48)40-25(17-41)29(34)46)38-28(45)16-36-30(47)22(11-12-26(33)43)39-32(49)24(37-27(44)6-4-5-13-35-19(3)42)15-20-7-9-21(10-8-20)53-54(50,51)52/h7-10,18,22-25,41H,4-6,11-17H2,1-3H3,(H2,33,43)(H2,34,46)(H,35,42)(H,36,47)(H,37,44)(H,38,45)(H,39,49)(H,40,48)(H2,50,51,52)/t22-,23-,24-,25-/m0/s1. The fraction of sp³-hybridized carbons (Fsp3) is 0.562. The highest BCUT2D eigenvalue weighted by Crippen LogP contribution is 2.37. The van der Waals surface area contributed by atoms with Crippen LogP contribution >= 0.6 is 7.82 Å². The Morgan fingerprint density at radius 1 is 0.759 bits per heavy atom. The molecule has 0 bridgehead atoms. The van der Waals surface area contributed by atoms with Gasteiger partial charge >= 0.3 is 7.82 Å². The first kappa shape index (κ1) is 46.9. The van der Waals surface area contributed by atoms with E-state index < -0.39 is 86.5 Å². The van der Waals surface area contributed by atoms with Crippen LogP contribution in [0.25, 0.3) is 0 Å². The van der Waals surface area contributed by atoms with E-state index in [4.69, 9.17) is 21.3 Å². The highest BCUT2D eigenvalue weighted by molar-refractivity contribution is 7.46. The molecule has 1 rings (SSSR count). The van der Waals surface area contributed by atoms with Crippen molar-refractivity contribution >= 4 is 55.1 Å². The Bertz CT molecular complexity index is 1520. The zero-order valence-corrected chi connectivity index (χ0v) is 31.2. The molecular formula is C32H51N8O13P. The summed E-state index contributed by atoms with van der Waals surface area (Å²) in [4.78, 5) is 118. The van der Waals surface area contributed by atoms with Gasteiger partial charge in [-0.2, -0.15) is 0 Å². The van der Waals surface area contributed by atoms with Gasteiger partial charge in [0.25, 0.3) is 0 Å². The molecule has 0 heterocycles. The second kappa shape index (κ2) is 23.5. The van der Waals surface area contributed by atoms with Gasteiger partial charge in [-0.15, -0.1) is 0 Å². The molecule has 22 heteroatoms. The lowest BCUT2D eigenvalue weighted by Crippen LogP contribution is -2.57. The third-order valence-corrected chi connectivity index (χ3v) is 7.83. The average molecular weight is 787 g/mol. The number of phosphoric ester groups is 1. The lowest BCUT2D eigenvalue weighted by atomic mass is 10.0. The van der Waals surface area contributed by atoms with Gasteiger partial charge in [-0.3, -0.25) is 48.1 Å². The number of nitrogens with two attached hydrogens (primary N) is 2. The molecule has 0 fully saturated rings. The van der Waals surface area contributed by atoms with E-state index in [0.29, 0.717) is 24.9 Å². The zero-order chi connectivity index (χ0) is 41.0. The normalized spacial score (nSPS) is 13.3. The van der Waals surface area contributed by atoms with Crippen molar-refractivity contribution in [1.29, 1.82) is 0 Å². The van der Waals surface area contributed by atoms with Gasteiger partial charge in [0.2, 0.25) is 47.3 Å². The van der Waals surface area contributed by atoms with E-state index in [2.05, 4.69) is 36.4 Å². The number of rotatable bonds is 25. The summed E-state index contributed by atoms with van der Waals surface area (Å²) >= 11 is 0. The van der Waals surface area contributed by atoms with Crippen LogP contribution in [0.1, 0.15) is 64.9 Å². The molecule has 4 atom stereocenters. The maximum Gasteiger partial charge on any atom is 0.524 e. The molecule has 0 saturated carbocycles. The lowest BCUT2D eigenvalue weighted by molar-refractivity contribution is -0.134. The second-order valence-electron chi connectivity index (χ2n) is 12.7. The molecule has 302 valence electrons. The molecular weight excluding hydrogens is 735 g/mol. The maximum absolute atomic E-state index is 13.6. The third-order valence-electron chi connectivity index (χ3n) is 7.38. The molecule has 0 saturated heterocycles. The molecule has 0 spiro atoms. The van der Waals surface area contributed by atoms with E-state index in [1.807, 2.05) is 0 Å². The van der Waals surface area contributed by atoms with Gasteiger partial charge in [-0.25, -0.2) is 4.57 Å². The molecule has 0 aliphatic carbocycles. The average Bonchev–Trinajstić information content (AvgIpc) is 3.06. The van der Waals surface area contributed by atoms with Crippen molar-refractivity contribution in [2.24, 2.45) is 17.4 Å². The van der Waals surface area contributed by atoms with Crippen LogP contribution in [0.3, 0.4) is 0 Å². The van der Waals surface area contributed by atoms with E-state index in [-0.39, 0.29) is 49.7 Å². The van der Waals surface area contributed by atoms with Crippen LogP contribution in [-0.2, 0) is 49.3 Å². The molecule has 0 unspecified atom stereocenters. The van der Waals surface area contributed by atoms with Crippen molar-refractivity contribution in [1.82, 2.24) is 31.9 Å². The first-order valence-corrected chi connectivity index (χ1v) is 18.5. The minimum absolute atomic E-state index is 0.0296. The fourth-order valence-corrected chi connectivity index (χ4v) is 5.15. The van der Waals surface area contributed by atoms with Gasteiger partial charge in [-0.1, -0.05) is 26.0 Å². The Balaban J connectivity index is 3.13. The topological polar surface area (TPSA) is 348 Å². The number of aliphatic hydroxyl groups is 1. The quantitative estimate of drug-likeness (QED) is 0.0345. The van der Waals surface area contributed by atoms with Gasteiger partial charge in [0.15, 0.2) is 0 Å². The Morgan fingerprint density at radius 2 is 1.35 bits per heavy atom. The van der Waals surface area contributed by atoms with E-state index in [1.54, 1.807) is 13.8 Å². The summed E-state index contributed by atoms with van der Waals surface area (Å²) in [6, 6.07) is -0.0735. The van der Waals surface area contributed by atoms with Crippen molar-refractivity contribution in [3.8, 4) is 5.75 Å². The highest BCUT2D eigenvalue weighted by Gasteiger charge is 2.29. The molecule has 1 aromatic carbocycles. The summed E-state index contributed by atoms with van der Waals surface area (Å²) in [5.74, 6) is -6.29. The summed E-state index contributed by atoms with van der Waals surface area (Å²) in [6.07, 6.45) is 0.0685. The number of carbonyl (C=O) groups is 8. The molecule has 8 amide bonds. The minimum Gasteiger partial charge on any atom is -0.404 e. The fourth-order valence-electron chi connectivity index (χ4n) is 4.76. The van der Waals surface area contributed by atoms with Gasteiger partial charge in [0.05, 0.1) is 13.2 Å². The largest absolute Gasteiger partial charge is 0.524 e. The monoisotopic (exact) mass is 786 g/mol. The molecule has 0 aromatic heterocycles. The highest BCUT2D eigenvalue weighted by atomic mass is 31.2. The lowest BCUT2D eigenvalue weighted by Gasteiger charge is -2.24. The number of primary amides is 2. The molecule has 1 aromatic rings. The molecule has 13 N–H and O–H groups in total. The SMILES string of the molecule is CC(=O)NCCCCC(=O)N[C@@H](Cc1ccc(OP(=O)(O)O)cc1)C(=O)N[C@@H](CCC(N)=O)C(=O)NCC(=O)N[C@@H](CC(C)C)C(=O)N[C@@H](CO)C(N)=O. The van der Waals surface area contributed by atoms with E-state index in [9.17, 15) is 48.0 Å². The predicted molar refractivity (Wildman–Crippen MR) is 190 cm³/mol. The van der Waals surface area contributed by atoms with Crippen molar-refractivity contribution in [3.63, 3.8) is 0 Å². The van der Waals surface area contributed by atoms with Crippen molar-refractivity contribution in [3.05, 3.63) is 29.8 Å². The Morgan fingerprint density at radius 3 is 1.89 bits per heavy atom. The smallest absolute Gasteiger partial charge is 0.404 e. The molecule has 54 heavy (non-hydrogen) atoms. The first-order valence-electron chi connectivity index (χ1n) is 16.9. The molecule has 0 radical (unpaired) electrons. The Kier molecular flexibility index (Phi) is 20.4. The number of carbonyl (C=O) groups excluding carboxylic acids is 8. The second-order valence-corrected chi connectivity index (χ2v) is 13.8. The summed E-state index contributed by atoms with van der Waals surface area (Å²) in [5.41, 5.74) is 10.8. The van der Waals surface area contributed by atoms with E-state index in [0.717, 1.165) is 0 Å².